The van der Waals surface area contributed by atoms with Crippen LogP contribution in [0.1, 0.15) is 12.8 Å². The SMILES string of the molecule is COC(=O)Cn1c(=NC(=O)C2CC2)sc2ccc([N+](=O)[O-])cc21. The summed E-state index contributed by atoms with van der Waals surface area (Å²) < 4.78 is 6.85. The Balaban J connectivity index is 2.17. The van der Waals surface area contributed by atoms with Crippen LogP contribution in [0.2, 0.25) is 0 Å². The van der Waals surface area contributed by atoms with Crippen molar-refractivity contribution in [3.63, 3.8) is 0 Å². The molecule has 1 fully saturated rings. The van der Waals surface area contributed by atoms with Gasteiger partial charge in [-0.05, 0) is 18.9 Å². The fourth-order valence-electron chi connectivity index (χ4n) is 2.12. The van der Waals surface area contributed by atoms with Crippen molar-refractivity contribution in [3.8, 4) is 0 Å². The van der Waals surface area contributed by atoms with Gasteiger partial charge in [-0.2, -0.15) is 4.99 Å². The lowest BCUT2D eigenvalue weighted by atomic mass is 10.3. The molecule has 1 aromatic carbocycles. The zero-order chi connectivity index (χ0) is 16.6. The van der Waals surface area contributed by atoms with Gasteiger partial charge in [0.1, 0.15) is 6.54 Å². The van der Waals surface area contributed by atoms with Gasteiger partial charge in [0.15, 0.2) is 4.80 Å². The number of non-ortho nitro benzene ring substituents is 1. The van der Waals surface area contributed by atoms with Crippen LogP contribution in [0, 0.1) is 16.0 Å². The van der Waals surface area contributed by atoms with Gasteiger partial charge in [-0.3, -0.25) is 19.7 Å². The minimum absolute atomic E-state index is 0.0406. The number of rotatable bonds is 4. The Hall–Kier alpha value is -2.55. The van der Waals surface area contributed by atoms with Crippen LogP contribution in [-0.2, 0) is 20.9 Å². The highest BCUT2D eigenvalue weighted by atomic mass is 32.1. The number of fused-ring (bicyclic) bond motifs is 1. The Labute approximate surface area is 134 Å². The second-order valence-corrected chi connectivity index (χ2v) is 6.19. The van der Waals surface area contributed by atoms with Crippen molar-refractivity contribution in [1.29, 1.82) is 0 Å². The molecule has 1 saturated carbocycles. The number of hydrogen-bond acceptors (Lipinski definition) is 6. The van der Waals surface area contributed by atoms with Gasteiger partial charge in [0.2, 0.25) is 0 Å². The van der Waals surface area contributed by atoms with Crippen LogP contribution in [0.3, 0.4) is 0 Å². The zero-order valence-corrected chi connectivity index (χ0v) is 13.0. The largest absolute Gasteiger partial charge is 0.468 e. The molecule has 1 amide bonds. The molecule has 1 aliphatic carbocycles. The summed E-state index contributed by atoms with van der Waals surface area (Å²) in [5.74, 6) is -0.776. The van der Waals surface area contributed by atoms with Crippen LogP contribution >= 0.6 is 11.3 Å². The summed E-state index contributed by atoms with van der Waals surface area (Å²) >= 11 is 1.22. The first-order valence-corrected chi connectivity index (χ1v) is 7.74. The van der Waals surface area contributed by atoms with Crippen LogP contribution in [0.4, 0.5) is 5.69 Å². The number of carbonyl (C=O) groups is 2. The zero-order valence-electron chi connectivity index (χ0n) is 12.2. The summed E-state index contributed by atoms with van der Waals surface area (Å²) in [6, 6.07) is 4.34. The molecular formula is C14H13N3O5S. The van der Waals surface area contributed by atoms with Crippen molar-refractivity contribution < 1.29 is 19.2 Å². The van der Waals surface area contributed by atoms with E-state index in [0.29, 0.717) is 15.0 Å². The van der Waals surface area contributed by atoms with E-state index in [0.717, 1.165) is 12.8 Å². The van der Waals surface area contributed by atoms with Gasteiger partial charge in [0.05, 0.1) is 22.2 Å². The highest BCUT2D eigenvalue weighted by Crippen LogP contribution is 2.30. The Kier molecular flexibility index (Phi) is 3.95. The van der Waals surface area contributed by atoms with E-state index in [-0.39, 0.29) is 24.1 Å². The first-order chi connectivity index (χ1) is 11.0. The molecule has 1 aliphatic rings. The lowest BCUT2D eigenvalue weighted by molar-refractivity contribution is -0.384. The van der Waals surface area contributed by atoms with E-state index in [4.69, 9.17) is 0 Å². The van der Waals surface area contributed by atoms with E-state index >= 15 is 0 Å². The minimum Gasteiger partial charge on any atom is -0.468 e. The molecule has 9 heteroatoms. The maximum Gasteiger partial charge on any atom is 0.325 e. The van der Waals surface area contributed by atoms with Crippen molar-refractivity contribution in [3.05, 3.63) is 33.1 Å². The van der Waals surface area contributed by atoms with E-state index < -0.39 is 10.9 Å². The first-order valence-electron chi connectivity index (χ1n) is 6.93. The van der Waals surface area contributed by atoms with E-state index in [2.05, 4.69) is 9.73 Å². The van der Waals surface area contributed by atoms with Gasteiger partial charge in [-0.1, -0.05) is 11.3 Å². The number of aromatic nitrogens is 1. The fourth-order valence-corrected chi connectivity index (χ4v) is 3.13. The number of methoxy groups -OCH3 is 1. The molecule has 23 heavy (non-hydrogen) atoms. The Morgan fingerprint density at radius 2 is 2.22 bits per heavy atom. The van der Waals surface area contributed by atoms with Gasteiger partial charge >= 0.3 is 5.97 Å². The van der Waals surface area contributed by atoms with Crippen molar-refractivity contribution in [2.75, 3.05) is 7.11 Å². The Morgan fingerprint density at radius 1 is 1.48 bits per heavy atom. The molecule has 8 nitrogen and oxygen atoms in total. The Bertz CT molecular complexity index is 878. The summed E-state index contributed by atoms with van der Waals surface area (Å²) in [5.41, 5.74) is 0.394. The monoisotopic (exact) mass is 335 g/mol. The second-order valence-electron chi connectivity index (χ2n) is 5.18. The van der Waals surface area contributed by atoms with Crippen LogP contribution in [-0.4, -0.2) is 28.5 Å². The van der Waals surface area contributed by atoms with Crippen molar-refractivity contribution in [2.24, 2.45) is 10.9 Å². The van der Waals surface area contributed by atoms with Gasteiger partial charge in [-0.15, -0.1) is 0 Å². The lowest BCUT2D eigenvalue weighted by Gasteiger charge is -2.03. The highest BCUT2D eigenvalue weighted by Gasteiger charge is 2.29. The summed E-state index contributed by atoms with van der Waals surface area (Å²) in [4.78, 5) is 38.4. The van der Waals surface area contributed by atoms with E-state index in [1.54, 1.807) is 6.07 Å². The third-order valence-corrected chi connectivity index (χ3v) is 4.58. The number of nitro benzene ring substituents is 1. The topological polar surface area (TPSA) is 104 Å². The van der Waals surface area contributed by atoms with Crippen LogP contribution in [0.15, 0.2) is 23.2 Å². The van der Waals surface area contributed by atoms with Gasteiger partial charge in [-0.25, -0.2) is 0 Å². The lowest BCUT2D eigenvalue weighted by Crippen LogP contribution is -2.22. The maximum atomic E-state index is 11.9. The molecule has 0 N–H and O–H groups in total. The molecule has 0 atom stereocenters. The number of nitrogens with zero attached hydrogens (tertiary/aromatic N) is 3. The van der Waals surface area contributed by atoms with Crippen molar-refractivity contribution >= 4 is 39.1 Å². The minimum atomic E-state index is -0.517. The number of nitro groups is 1. The summed E-state index contributed by atoms with van der Waals surface area (Å²) in [5, 5.41) is 10.9. The van der Waals surface area contributed by atoms with Crippen LogP contribution < -0.4 is 4.80 Å². The predicted molar refractivity (Wildman–Crippen MR) is 81.8 cm³/mol. The fraction of sp³-hybridized carbons (Fsp3) is 0.357. The maximum absolute atomic E-state index is 11.9. The Morgan fingerprint density at radius 3 is 2.83 bits per heavy atom. The van der Waals surface area contributed by atoms with Gasteiger partial charge < -0.3 is 9.30 Å². The van der Waals surface area contributed by atoms with Crippen LogP contribution in [0.25, 0.3) is 10.2 Å². The smallest absolute Gasteiger partial charge is 0.325 e. The normalized spacial score (nSPS) is 14.9. The number of esters is 1. The summed E-state index contributed by atoms with van der Waals surface area (Å²) in [7, 11) is 1.26. The average Bonchev–Trinajstić information content (AvgIpc) is 3.32. The quantitative estimate of drug-likeness (QED) is 0.480. The van der Waals surface area contributed by atoms with Crippen LogP contribution in [0.5, 0.6) is 0 Å². The molecular weight excluding hydrogens is 322 g/mol. The number of hydrogen-bond donors (Lipinski definition) is 0. The van der Waals surface area contributed by atoms with Crippen molar-refractivity contribution in [2.45, 2.75) is 19.4 Å². The molecule has 0 radical (unpaired) electrons. The molecule has 0 bridgehead atoms. The van der Waals surface area contributed by atoms with E-state index in [1.165, 1.54) is 35.1 Å². The number of carbonyl (C=O) groups excluding carboxylic acids is 2. The number of benzene rings is 1. The molecule has 0 saturated heterocycles. The van der Waals surface area contributed by atoms with E-state index in [1.807, 2.05) is 0 Å². The average molecular weight is 335 g/mol. The second kappa shape index (κ2) is 5.92. The van der Waals surface area contributed by atoms with E-state index in [9.17, 15) is 19.7 Å². The van der Waals surface area contributed by atoms with Crippen molar-refractivity contribution in [1.82, 2.24) is 4.57 Å². The number of ether oxygens (including phenoxy) is 1. The first kappa shape index (κ1) is 15.3. The number of amides is 1. The molecule has 2 aromatic rings. The molecule has 0 unspecified atom stereocenters. The highest BCUT2D eigenvalue weighted by molar-refractivity contribution is 7.16. The third-order valence-electron chi connectivity index (χ3n) is 3.52. The molecule has 1 aromatic heterocycles. The summed E-state index contributed by atoms with van der Waals surface area (Å²) in [6.45, 7) is -0.158. The third kappa shape index (κ3) is 3.14. The number of thiazole rings is 1. The molecule has 1 heterocycles. The molecule has 120 valence electrons. The molecule has 0 aliphatic heterocycles. The molecule has 3 rings (SSSR count). The standard InChI is InChI=1S/C14H13N3O5S/c1-22-12(18)7-16-10-6-9(17(20)21)4-5-11(10)23-14(16)15-13(19)8-2-3-8/h4-6,8H,2-3,7H2,1H3. The van der Waals surface area contributed by atoms with Gasteiger partial charge in [0.25, 0.3) is 11.6 Å². The van der Waals surface area contributed by atoms with Gasteiger partial charge in [0, 0.05) is 18.1 Å². The summed E-state index contributed by atoms with van der Waals surface area (Å²) in [6.07, 6.45) is 1.66. The molecule has 0 spiro atoms. The predicted octanol–water partition coefficient (Wildman–Crippen LogP) is 1.62.